The van der Waals surface area contributed by atoms with E-state index in [-0.39, 0.29) is 0 Å². The van der Waals surface area contributed by atoms with E-state index >= 15 is 0 Å². The fraction of sp³-hybridized carbons (Fsp3) is 0. The highest BCUT2D eigenvalue weighted by Gasteiger charge is 2.17. The lowest BCUT2D eigenvalue weighted by Gasteiger charge is -2.03. The number of rotatable bonds is 1. The summed E-state index contributed by atoms with van der Waals surface area (Å²) in [6.45, 7) is 0. The van der Waals surface area contributed by atoms with Gasteiger partial charge in [-0.05, 0) is 62.2 Å². The Morgan fingerprint density at radius 3 is 2.33 bits per heavy atom. The van der Waals surface area contributed by atoms with E-state index < -0.39 is 0 Å². The van der Waals surface area contributed by atoms with Crippen LogP contribution in [0.5, 0.6) is 0 Å². The van der Waals surface area contributed by atoms with Crippen LogP contribution in [-0.2, 0) is 0 Å². The molecule has 5 aromatic rings. The van der Waals surface area contributed by atoms with E-state index in [9.17, 15) is 0 Å². The van der Waals surface area contributed by atoms with E-state index in [2.05, 4.69) is 58.9 Å². The predicted octanol–water partition coefficient (Wildman–Crippen LogP) is 5.91. The number of thiophene rings is 1. The fourth-order valence-electron chi connectivity index (χ4n) is 2.97. The van der Waals surface area contributed by atoms with Crippen molar-refractivity contribution in [1.82, 2.24) is 19.9 Å². The smallest absolute Gasteiger partial charge is 0.140 e. The number of halogens is 2. The zero-order valence-corrected chi connectivity index (χ0v) is 16.0. The van der Waals surface area contributed by atoms with Gasteiger partial charge < -0.3 is 4.98 Å². The highest BCUT2D eigenvalue weighted by molar-refractivity contribution is 9.12. The van der Waals surface area contributed by atoms with Gasteiger partial charge >= 0.3 is 0 Å². The number of pyridine rings is 2. The highest BCUT2D eigenvalue weighted by Crippen LogP contribution is 2.39. The maximum atomic E-state index is 4.87. The lowest BCUT2D eigenvalue weighted by molar-refractivity contribution is 1.34. The van der Waals surface area contributed by atoms with Crippen molar-refractivity contribution in [3.05, 3.63) is 50.3 Å². The molecule has 0 bridgehead atoms. The molecule has 4 aromatic heterocycles. The van der Waals surface area contributed by atoms with Crippen LogP contribution in [0.15, 0.2) is 50.3 Å². The largest absolute Gasteiger partial charge is 0.337 e. The molecule has 0 saturated carbocycles. The van der Waals surface area contributed by atoms with Gasteiger partial charge in [-0.3, -0.25) is 9.97 Å². The summed E-state index contributed by atoms with van der Waals surface area (Å²) in [5.74, 6) is 0.834. The first kappa shape index (κ1) is 14.5. The highest BCUT2D eigenvalue weighted by atomic mass is 79.9. The van der Waals surface area contributed by atoms with Crippen LogP contribution in [0.2, 0.25) is 0 Å². The van der Waals surface area contributed by atoms with E-state index in [1.165, 1.54) is 0 Å². The summed E-state index contributed by atoms with van der Waals surface area (Å²) < 4.78 is 2.10. The molecule has 0 aliphatic carbocycles. The van der Waals surface area contributed by atoms with Crippen LogP contribution in [0.4, 0.5) is 0 Å². The SMILES string of the molecule is Brc1cc(-c2nc3c4cccnc4c4ncccc4c3[nH]2)c(Br)s1. The Morgan fingerprint density at radius 2 is 1.62 bits per heavy atom. The molecule has 0 atom stereocenters. The van der Waals surface area contributed by atoms with Gasteiger partial charge in [-0.2, -0.15) is 0 Å². The number of aromatic amines is 1. The van der Waals surface area contributed by atoms with Crippen molar-refractivity contribution in [2.45, 2.75) is 0 Å². The molecule has 0 aliphatic rings. The van der Waals surface area contributed by atoms with Gasteiger partial charge in [0.2, 0.25) is 0 Å². The molecule has 0 radical (unpaired) electrons. The topological polar surface area (TPSA) is 54.5 Å². The quantitative estimate of drug-likeness (QED) is 0.317. The predicted molar refractivity (Wildman–Crippen MR) is 105 cm³/mol. The van der Waals surface area contributed by atoms with E-state index in [1.807, 2.05) is 18.2 Å². The second-order valence-electron chi connectivity index (χ2n) is 5.35. The Balaban J connectivity index is 1.97. The molecule has 116 valence electrons. The third-order valence-corrected chi connectivity index (χ3v) is 6.32. The monoisotopic (exact) mass is 458 g/mol. The van der Waals surface area contributed by atoms with Gasteiger partial charge in [0.15, 0.2) is 0 Å². The van der Waals surface area contributed by atoms with Crippen molar-refractivity contribution in [2.75, 3.05) is 0 Å². The van der Waals surface area contributed by atoms with Gasteiger partial charge in [0.05, 0.1) is 29.6 Å². The number of hydrogen-bond acceptors (Lipinski definition) is 4. The Labute approximate surface area is 157 Å². The third kappa shape index (κ3) is 2.05. The van der Waals surface area contributed by atoms with Crippen LogP contribution in [-0.4, -0.2) is 19.9 Å². The molecular formula is C17H8Br2N4S. The average molecular weight is 460 g/mol. The summed E-state index contributed by atoms with van der Waals surface area (Å²) >= 11 is 8.77. The molecule has 5 rings (SSSR count). The number of H-pyrrole nitrogens is 1. The Morgan fingerprint density at radius 1 is 0.917 bits per heavy atom. The Hall–Kier alpha value is -1.83. The summed E-state index contributed by atoms with van der Waals surface area (Å²) in [4.78, 5) is 17.4. The van der Waals surface area contributed by atoms with Gasteiger partial charge in [-0.1, -0.05) is 0 Å². The van der Waals surface area contributed by atoms with Gasteiger partial charge in [-0.15, -0.1) is 11.3 Å². The number of imidazole rings is 1. The number of nitrogens with one attached hydrogen (secondary N) is 1. The number of nitrogens with zero attached hydrogens (tertiary/aromatic N) is 3. The van der Waals surface area contributed by atoms with E-state index in [0.717, 1.165) is 51.8 Å². The molecule has 0 spiro atoms. The van der Waals surface area contributed by atoms with Crippen molar-refractivity contribution >= 4 is 76.0 Å². The normalized spacial score (nSPS) is 11.8. The Kier molecular flexibility index (Phi) is 3.23. The van der Waals surface area contributed by atoms with Crippen LogP contribution < -0.4 is 0 Å². The minimum Gasteiger partial charge on any atom is -0.337 e. The van der Waals surface area contributed by atoms with Crippen molar-refractivity contribution in [2.24, 2.45) is 0 Å². The number of benzene rings is 1. The minimum absolute atomic E-state index is 0.834. The molecule has 24 heavy (non-hydrogen) atoms. The fourth-order valence-corrected chi connectivity index (χ4v) is 5.78. The molecule has 0 unspecified atom stereocenters. The summed E-state index contributed by atoms with van der Waals surface area (Å²) in [6.07, 6.45) is 3.59. The molecule has 4 heterocycles. The second-order valence-corrected chi connectivity index (χ2v) is 9.10. The van der Waals surface area contributed by atoms with Gasteiger partial charge in [0.25, 0.3) is 0 Å². The maximum Gasteiger partial charge on any atom is 0.140 e. The second kappa shape index (κ2) is 5.34. The Bertz CT molecular complexity index is 1170. The van der Waals surface area contributed by atoms with E-state index in [0.29, 0.717) is 0 Å². The summed E-state index contributed by atoms with van der Waals surface area (Å²) in [6, 6.07) is 10.0. The zero-order chi connectivity index (χ0) is 16.3. The van der Waals surface area contributed by atoms with Gasteiger partial charge in [0, 0.05) is 28.7 Å². The molecule has 0 amide bonds. The lowest BCUT2D eigenvalue weighted by Crippen LogP contribution is -1.86. The molecule has 1 N–H and O–H groups in total. The molecule has 0 aliphatic heterocycles. The van der Waals surface area contributed by atoms with Crippen molar-refractivity contribution < 1.29 is 0 Å². The minimum atomic E-state index is 0.834. The molecule has 0 fully saturated rings. The first-order valence-electron chi connectivity index (χ1n) is 7.19. The van der Waals surface area contributed by atoms with Gasteiger partial charge in [-0.25, -0.2) is 4.98 Å². The number of fused-ring (bicyclic) bond motifs is 6. The van der Waals surface area contributed by atoms with Crippen molar-refractivity contribution in [3.63, 3.8) is 0 Å². The lowest BCUT2D eigenvalue weighted by atomic mass is 10.1. The molecule has 1 aromatic carbocycles. The number of aromatic nitrogens is 4. The maximum absolute atomic E-state index is 4.87. The first-order chi connectivity index (χ1) is 11.7. The van der Waals surface area contributed by atoms with Crippen molar-refractivity contribution in [3.8, 4) is 11.4 Å². The summed E-state index contributed by atoms with van der Waals surface area (Å²) in [7, 11) is 0. The zero-order valence-electron chi connectivity index (χ0n) is 12.0. The van der Waals surface area contributed by atoms with Crippen LogP contribution in [0.1, 0.15) is 0 Å². The first-order valence-corrected chi connectivity index (χ1v) is 9.59. The average Bonchev–Trinajstić information content (AvgIpc) is 3.18. The standard InChI is InChI=1S/C17H8Br2N4S/c18-11-7-10(16(19)24-11)17-22-14-8-3-1-5-20-12(8)13-9(15(14)23-17)4-2-6-21-13/h1-7H,(H,22,23). The molecule has 4 nitrogen and oxygen atoms in total. The van der Waals surface area contributed by atoms with Crippen LogP contribution in [0.3, 0.4) is 0 Å². The number of hydrogen-bond donors (Lipinski definition) is 1. The van der Waals surface area contributed by atoms with Crippen LogP contribution in [0.25, 0.3) is 44.2 Å². The summed E-state index contributed by atoms with van der Waals surface area (Å²) in [5, 5.41) is 2.04. The summed E-state index contributed by atoms with van der Waals surface area (Å²) in [5.41, 5.74) is 4.72. The van der Waals surface area contributed by atoms with Gasteiger partial charge in [0.1, 0.15) is 5.82 Å². The molecule has 0 saturated heterocycles. The van der Waals surface area contributed by atoms with Crippen molar-refractivity contribution in [1.29, 1.82) is 0 Å². The van der Waals surface area contributed by atoms with E-state index in [1.54, 1.807) is 23.7 Å². The molecule has 7 heteroatoms. The van der Waals surface area contributed by atoms with E-state index in [4.69, 9.17) is 4.98 Å². The third-order valence-electron chi connectivity index (χ3n) is 3.98. The van der Waals surface area contributed by atoms with Crippen LogP contribution >= 0.6 is 43.2 Å². The van der Waals surface area contributed by atoms with Crippen LogP contribution in [0, 0.1) is 0 Å². The molecular weight excluding hydrogens is 452 g/mol.